The molecule has 1 fully saturated rings. The second kappa shape index (κ2) is 6.83. The number of hydrogen-bond acceptors (Lipinski definition) is 8. The zero-order valence-electron chi connectivity index (χ0n) is 14.5. The molecule has 1 amide bonds. The lowest BCUT2D eigenvalue weighted by atomic mass is 10.2. The molecule has 9 heteroatoms. The van der Waals surface area contributed by atoms with Gasteiger partial charge in [-0.1, -0.05) is 5.16 Å². The van der Waals surface area contributed by atoms with Gasteiger partial charge in [0, 0.05) is 31.4 Å². The number of rotatable bonds is 4. The largest absolute Gasteiger partial charge is 0.351 e. The van der Waals surface area contributed by atoms with Gasteiger partial charge in [0.25, 0.3) is 5.91 Å². The number of nitrogens with zero attached hydrogens (tertiary/aromatic N) is 5. The summed E-state index contributed by atoms with van der Waals surface area (Å²) >= 11 is 1.63. The molecule has 26 heavy (non-hydrogen) atoms. The van der Waals surface area contributed by atoms with Crippen LogP contribution in [0.3, 0.4) is 0 Å². The highest BCUT2D eigenvalue weighted by Gasteiger charge is 2.27. The third-order valence-electron chi connectivity index (χ3n) is 4.25. The van der Waals surface area contributed by atoms with Gasteiger partial charge >= 0.3 is 0 Å². The molecule has 1 saturated heterocycles. The molecule has 1 N–H and O–H groups in total. The van der Waals surface area contributed by atoms with E-state index >= 15 is 0 Å². The fourth-order valence-corrected chi connectivity index (χ4v) is 3.93. The van der Waals surface area contributed by atoms with Crippen LogP contribution in [0.5, 0.6) is 0 Å². The Hall–Kier alpha value is -2.81. The Balaban J connectivity index is 1.46. The Morgan fingerprint density at radius 1 is 1.31 bits per heavy atom. The molecule has 3 aromatic rings. The first-order chi connectivity index (χ1) is 12.6. The van der Waals surface area contributed by atoms with E-state index < -0.39 is 0 Å². The van der Waals surface area contributed by atoms with Crippen molar-refractivity contribution >= 4 is 23.2 Å². The van der Waals surface area contributed by atoms with Crippen LogP contribution >= 0.6 is 11.3 Å². The molecular formula is C17H18N6O2S. The van der Waals surface area contributed by atoms with Crippen LogP contribution in [0.25, 0.3) is 10.6 Å². The van der Waals surface area contributed by atoms with E-state index in [2.05, 4.69) is 25.3 Å². The highest BCUT2D eigenvalue weighted by Crippen LogP contribution is 2.29. The molecule has 4 rings (SSSR count). The summed E-state index contributed by atoms with van der Waals surface area (Å²) in [5.41, 5.74) is 1.86. The van der Waals surface area contributed by atoms with Crippen molar-refractivity contribution in [1.82, 2.24) is 25.4 Å². The van der Waals surface area contributed by atoms with Crippen LogP contribution in [0.2, 0.25) is 0 Å². The van der Waals surface area contributed by atoms with E-state index in [9.17, 15) is 4.79 Å². The van der Waals surface area contributed by atoms with E-state index in [-0.39, 0.29) is 17.7 Å². The van der Waals surface area contributed by atoms with Gasteiger partial charge in [0.1, 0.15) is 0 Å². The van der Waals surface area contributed by atoms with Crippen molar-refractivity contribution in [2.75, 3.05) is 18.0 Å². The standard InChI is InChI=1S/C17H18N6O2S/c1-10-15(26-11(2)20-10)13-3-6-18-17(22-13)23-8-5-12(9-23)21-16(24)14-4-7-19-25-14/h3-4,6-7,12H,5,8-9H2,1-2H3,(H,21,24). The molecule has 1 aliphatic rings. The van der Waals surface area contributed by atoms with Crippen LogP contribution in [0, 0.1) is 13.8 Å². The normalized spacial score (nSPS) is 16.8. The van der Waals surface area contributed by atoms with Crippen LogP contribution < -0.4 is 10.2 Å². The molecule has 0 spiro atoms. The molecule has 4 heterocycles. The predicted molar refractivity (Wildman–Crippen MR) is 97.2 cm³/mol. The molecule has 0 radical (unpaired) electrons. The number of thiazole rings is 1. The molecule has 134 valence electrons. The van der Waals surface area contributed by atoms with Crippen molar-refractivity contribution in [3.8, 4) is 10.6 Å². The minimum absolute atomic E-state index is 0.0206. The topological polar surface area (TPSA) is 97.0 Å². The van der Waals surface area contributed by atoms with E-state index in [4.69, 9.17) is 9.51 Å². The number of carbonyl (C=O) groups is 1. The van der Waals surface area contributed by atoms with Gasteiger partial charge in [0.2, 0.25) is 11.7 Å². The summed E-state index contributed by atoms with van der Waals surface area (Å²) in [5, 5.41) is 7.54. The van der Waals surface area contributed by atoms with Crippen molar-refractivity contribution < 1.29 is 9.32 Å². The lowest BCUT2D eigenvalue weighted by molar-refractivity contribution is 0.0903. The summed E-state index contributed by atoms with van der Waals surface area (Å²) < 4.78 is 4.89. The molecule has 0 aromatic carbocycles. The summed E-state index contributed by atoms with van der Waals surface area (Å²) in [7, 11) is 0. The van der Waals surface area contributed by atoms with Crippen molar-refractivity contribution in [3.63, 3.8) is 0 Å². The Bertz CT molecular complexity index is 923. The van der Waals surface area contributed by atoms with Gasteiger partial charge in [-0.05, 0) is 26.3 Å². The molecule has 0 aliphatic carbocycles. The smallest absolute Gasteiger partial charge is 0.290 e. The molecule has 1 atom stereocenters. The Morgan fingerprint density at radius 3 is 2.92 bits per heavy atom. The monoisotopic (exact) mass is 370 g/mol. The molecular weight excluding hydrogens is 352 g/mol. The van der Waals surface area contributed by atoms with Crippen molar-refractivity contribution in [2.45, 2.75) is 26.3 Å². The molecule has 1 unspecified atom stereocenters. The highest BCUT2D eigenvalue weighted by molar-refractivity contribution is 7.15. The molecule has 1 aliphatic heterocycles. The van der Waals surface area contributed by atoms with Crippen LogP contribution in [0.1, 0.15) is 27.7 Å². The quantitative estimate of drug-likeness (QED) is 0.752. The zero-order chi connectivity index (χ0) is 18.1. The Kier molecular flexibility index (Phi) is 4.37. The van der Waals surface area contributed by atoms with Gasteiger partial charge in [-0.3, -0.25) is 4.79 Å². The number of carbonyl (C=O) groups excluding carboxylic acids is 1. The van der Waals surface area contributed by atoms with Gasteiger partial charge in [0.15, 0.2) is 0 Å². The summed E-state index contributed by atoms with van der Waals surface area (Å²) in [6.45, 7) is 5.42. The van der Waals surface area contributed by atoms with Crippen LogP contribution in [-0.4, -0.2) is 45.1 Å². The lowest BCUT2D eigenvalue weighted by Gasteiger charge is -2.17. The first-order valence-electron chi connectivity index (χ1n) is 8.34. The Labute approximate surface area is 154 Å². The number of hydrogen-bond donors (Lipinski definition) is 1. The van der Waals surface area contributed by atoms with Gasteiger partial charge in [0.05, 0.1) is 27.5 Å². The fourth-order valence-electron chi connectivity index (χ4n) is 3.05. The minimum Gasteiger partial charge on any atom is -0.351 e. The van der Waals surface area contributed by atoms with Gasteiger partial charge in [-0.15, -0.1) is 11.3 Å². The number of aryl methyl sites for hydroxylation is 2. The maximum absolute atomic E-state index is 12.1. The first kappa shape index (κ1) is 16.6. The van der Waals surface area contributed by atoms with E-state index in [1.54, 1.807) is 23.6 Å². The molecule has 0 saturated carbocycles. The van der Waals surface area contributed by atoms with Crippen molar-refractivity contribution in [2.24, 2.45) is 0 Å². The van der Waals surface area contributed by atoms with Gasteiger partial charge in [-0.25, -0.2) is 15.0 Å². The van der Waals surface area contributed by atoms with E-state index in [1.807, 2.05) is 19.9 Å². The maximum Gasteiger partial charge on any atom is 0.290 e. The van der Waals surface area contributed by atoms with E-state index in [0.717, 1.165) is 34.2 Å². The molecule has 3 aromatic heterocycles. The van der Waals surface area contributed by atoms with Gasteiger partial charge in [-0.2, -0.15) is 0 Å². The highest BCUT2D eigenvalue weighted by atomic mass is 32.1. The minimum atomic E-state index is -0.250. The fraction of sp³-hybridized carbons (Fsp3) is 0.353. The van der Waals surface area contributed by atoms with Crippen LogP contribution in [0.15, 0.2) is 29.0 Å². The summed E-state index contributed by atoms with van der Waals surface area (Å²) in [6.07, 6.45) is 4.05. The third kappa shape index (κ3) is 3.30. The number of anilines is 1. The average Bonchev–Trinajstić information content (AvgIpc) is 3.36. The first-order valence-corrected chi connectivity index (χ1v) is 9.16. The van der Waals surface area contributed by atoms with Gasteiger partial charge < -0.3 is 14.7 Å². The SMILES string of the molecule is Cc1nc(C)c(-c2ccnc(N3CCC(NC(=O)c4ccno4)C3)n2)s1. The number of nitrogens with one attached hydrogen (secondary N) is 1. The Morgan fingerprint density at radius 2 is 2.19 bits per heavy atom. The van der Waals surface area contributed by atoms with Crippen molar-refractivity contribution in [3.05, 3.63) is 41.0 Å². The summed E-state index contributed by atoms with van der Waals surface area (Å²) in [6, 6.07) is 3.48. The van der Waals surface area contributed by atoms with Crippen molar-refractivity contribution in [1.29, 1.82) is 0 Å². The number of amides is 1. The molecule has 8 nitrogen and oxygen atoms in total. The predicted octanol–water partition coefficient (Wildman–Crippen LogP) is 2.21. The average molecular weight is 370 g/mol. The van der Waals surface area contributed by atoms with Crippen LogP contribution in [-0.2, 0) is 0 Å². The maximum atomic E-state index is 12.1. The van der Waals surface area contributed by atoms with Crippen LogP contribution in [0.4, 0.5) is 5.95 Å². The summed E-state index contributed by atoms with van der Waals surface area (Å²) in [5.74, 6) is 0.641. The lowest BCUT2D eigenvalue weighted by Crippen LogP contribution is -2.37. The number of aromatic nitrogens is 4. The van der Waals surface area contributed by atoms with E-state index in [0.29, 0.717) is 12.5 Å². The second-order valence-corrected chi connectivity index (χ2v) is 7.37. The van der Waals surface area contributed by atoms with E-state index in [1.165, 1.54) is 6.20 Å². The summed E-state index contributed by atoms with van der Waals surface area (Å²) in [4.78, 5) is 28.8. The third-order valence-corrected chi connectivity index (χ3v) is 5.34. The molecule has 0 bridgehead atoms. The second-order valence-electron chi connectivity index (χ2n) is 6.17. The zero-order valence-corrected chi connectivity index (χ0v) is 15.3.